The molecule has 6 nitrogen and oxygen atoms in total. The first-order chi connectivity index (χ1) is 10.7. The number of terminal acetylenes is 1. The van der Waals surface area contributed by atoms with E-state index in [2.05, 4.69) is 28.4 Å². The van der Waals surface area contributed by atoms with Crippen LogP contribution in [0.3, 0.4) is 0 Å². The van der Waals surface area contributed by atoms with E-state index in [4.69, 9.17) is 10.8 Å². The van der Waals surface area contributed by atoms with E-state index in [-0.39, 0.29) is 12.5 Å². The number of nitrogens with zero attached hydrogens (tertiary/aromatic N) is 2. The molecule has 1 unspecified atom stereocenters. The highest BCUT2D eigenvalue weighted by molar-refractivity contribution is 7.13. The lowest BCUT2D eigenvalue weighted by atomic mass is 10.3. The number of hydrogen-bond donors (Lipinski definition) is 2. The molecule has 0 aromatic carbocycles. The first-order valence-electron chi connectivity index (χ1n) is 7.13. The largest absolute Gasteiger partial charge is 0.414 e. The number of rotatable bonds is 8. The van der Waals surface area contributed by atoms with Crippen LogP contribution >= 0.6 is 11.3 Å². The number of thiophene rings is 1. The molecule has 22 heavy (non-hydrogen) atoms. The van der Waals surface area contributed by atoms with Gasteiger partial charge >= 0.3 is 0 Å². The molecule has 0 saturated heterocycles. The Labute approximate surface area is 133 Å². The molecule has 0 radical (unpaired) electrons. The van der Waals surface area contributed by atoms with Crippen molar-refractivity contribution in [3.05, 3.63) is 23.4 Å². The van der Waals surface area contributed by atoms with Crippen molar-refractivity contribution in [3.63, 3.8) is 0 Å². The van der Waals surface area contributed by atoms with E-state index < -0.39 is 0 Å². The van der Waals surface area contributed by atoms with E-state index in [1.54, 1.807) is 11.3 Å². The molecule has 0 saturated carbocycles. The Morgan fingerprint density at radius 1 is 1.55 bits per heavy atom. The first kappa shape index (κ1) is 16.2. The Morgan fingerprint density at radius 2 is 2.41 bits per heavy atom. The molecule has 0 spiro atoms. The summed E-state index contributed by atoms with van der Waals surface area (Å²) in [7, 11) is 0. The van der Waals surface area contributed by atoms with Crippen molar-refractivity contribution < 1.29 is 14.1 Å². The fourth-order valence-corrected chi connectivity index (χ4v) is 2.71. The summed E-state index contributed by atoms with van der Waals surface area (Å²) in [5, 5.41) is 12.8. The average Bonchev–Trinajstić information content (AvgIpc) is 3.16. The van der Waals surface area contributed by atoms with Gasteiger partial charge in [-0.2, -0.15) is 0 Å². The molecule has 2 aromatic heterocycles. The van der Waals surface area contributed by atoms with Gasteiger partial charge in [-0.1, -0.05) is 18.9 Å². The molecule has 1 amide bonds. The summed E-state index contributed by atoms with van der Waals surface area (Å²) in [6.45, 7) is 4.04. The zero-order chi connectivity index (χ0) is 15.8. The molecule has 0 aliphatic heterocycles. The molecular weight excluding hydrogens is 300 g/mol. The van der Waals surface area contributed by atoms with Crippen LogP contribution in [0.1, 0.15) is 19.2 Å². The highest BCUT2D eigenvalue weighted by Gasteiger charge is 2.18. The second-order valence-electron chi connectivity index (χ2n) is 4.81. The maximum atomic E-state index is 11.8. The van der Waals surface area contributed by atoms with Crippen molar-refractivity contribution in [2.45, 2.75) is 19.9 Å². The zero-order valence-corrected chi connectivity index (χ0v) is 13.3. The molecule has 0 bridgehead atoms. The molecular formula is C15H19N4O2S+. The number of hydrogen-bond acceptors (Lipinski definition) is 5. The predicted octanol–water partition coefficient (Wildman–Crippen LogP) is 0.342. The minimum Gasteiger partial charge on any atom is -0.414 e. The summed E-state index contributed by atoms with van der Waals surface area (Å²) in [6.07, 6.45) is 6.10. The van der Waals surface area contributed by atoms with E-state index in [0.29, 0.717) is 24.9 Å². The second-order valence-corrected chi connectivity index (χ2v) is 5.76. The van der Waals surface area contributed by atoms with E-state index >= 15 is 0 Å². The molecule has 116 valence electrons. The maximum absolute atomic E-state index is 11.8. The second kappa shape index (κ2) is 8.32. The summed E-state index contributed by atoms with van der Waals surface area (Å²) in [5.74, 6) is 3.39. The number of carbonyl (C=O) groups is 1. The van der Waals surface area contributed by atoms with Gasteiger partial charge in [-0.15, -0.1) is 28.0 Å². The van der Waals surface area contributed by atoms with E-state index in [0.717, 1.165) is 22.7 Å². The van der Waals surface area contributed by atoms with Crippen molar-refractivity contribution in [2.75, 3.05) is 19.6 Å². The van der Waals surface area contributed by atoms with Crippen molar-refractivity contribution in [1.82, 2.24) is 15.5 Å². The summed E-state index contributed by atoms with van der Waals surface area (Å²) in [6, 6.07) is 3.88. The lowest BCUT2D eigenvalue weighted by molar-refractivity contribution is -0.907. The SMILES string of the molecule is C#CCNC(=O)C[NH+](CCC)Cc1nnc(-c2cccs2)o1. The number of nitrogens with one attached hydrogen (secondary N) is 2. The van der Waals surface area contributed by atoms with Crippen LogP contribution in [0.2, 0.25) is 0 Å². The van der Waals surface area contributed by atoms with Gasteiger partial charge in [-0.3, -0.25) is 4.79 Å². The third-order valence-corrected chi connectivity index (χ3v) is 3.86. The van der Waals surface area contributed by atoms with Crippen LogP contribution in [0.4, 0.5) is 0 Å². The van der Waals surface area contributed by atoms with Crippen LogP contribution in [-0.2, 0) is 11.3 Å². The summed E-state index contributed by atoms with van der Waals surface area (Å²) >= 11 is 1.55. The molecule has 2 heterocycles. The van der Waals surface area contributed by atoms with Gasteiger partial charge in [0.15, 0.2) is 13.1 Å². The Hall–Kier alpha value is -2.17. The van der Waals surface area contributed by atoms with E-state index in [1.165, 1.54) is 0 Å². The molecule has 0 aliphatic rings. The zero-order valence-electron chi connectivity index (χ0n) is 12.5. The molecule has 1 atom stereocenters. The predicted molar refractivity (Wildman–Crippen MR) is 84.1 cm³/mol. The molecule has 0 fully saturated rings. The van der Waals surface area contributed by atoms with E-state index in [9.17, 15) is 4.79 Å². The number of quaternary nitrogens is 1. The van der Waals surface area contributed by atoms with Crippen LogP contribution in [0.5, 0.6) is 0 Å². The minimum absolute atomic E-state index is 0.0700. The van der Waals surface area contributed by atoms with Gasteiger partial charge < -0.3 is 14.6 Å². The van der Waals surface area contributed by atoms with Crippen LogP contribution in [0.15, 0.2) is 21.9 Å². The summed E-state index contributed by atoms with van der Waals surface area (Å²) < 4.78 is 5.67. The minimum atomic E-state index is -0.0700. The molecule has 0 aliphatic carbocycles. The standard InChI is InChI=1S/C15H18N4O2S/c1-3-7-16-13(20)10-19(8-4-2)11-14-17-18-15(21-14)12-6-5-9-22-12/h1,5-6,9H,4,7-8,10-11H2,2H3,(H,16,20)/p+1. The third-order valence-electron chi connectivity index (χ3n) is 3.00. The quantitative estimate of drug-likeness (QED) is 0.689. The Bertz CT molecular complexity index is 630. The molecule has 2 aromatic rings. The Balaban J connectivity index is 1.96. The lowest BCUT2D eigenvalue weighted by Gasteiger charge is -2.16. The Kier molecular flexibility index (Phi) is 6.13. The topological polar surface area (TPSA) is 72.5 Å². The third kappa shape index (κ3) is 4.69. The average molecular weight is 319 g/mol. The van der Waals surface area contributed by atoms with Gasteiger partial charge in [-0.25, -0.2) is 0 Å². The Morgan fingerprint density at radius 3 is 3.09 bits per heavy atom. The van der Waals surface area contributed by atoms with Gasteiger partial charge in [0.1, 0.15) is 0 Å². The first-order valence-corrected chi connectivity index (χ1v) is 8.01. The monoisotopic (exact) mass is 319 g/mol. The van der Waals surface area contributed by atoms with Gasteiger partial charge in [0.05, 0.1) is 18.0 Å². The highest BCUT2D eigenvalue weighted by atomic mass is 32.1. The van der Waals surface area contributed by atoms with Crippen molar-refractivity contribution >= 4 is 17.2 Å². The fourth-order valence-electron chi connectivity index (χ4n) is 2.07. The van der Waals surface area contributed by atoms with Crippen molar-refractivity contribution in [1.29, 1.82) is 0 Å². The molecule has 2 rings (SSSR count). The number of aromatic nitrogens is 2. The molecule has 2 N–H and O–H groups in total. The van der Waals surface area contributed by atoms with Crippen LogP contribution in [-0.4, -0.2) is 35.7 Å². The van der Waals surface area contributed by atoms with Crippen LogP contribution in [0, 0.1) is 12.3 Å². The normalized spacial score (nSPS) is 11.8. The van der Waals surface area contributed by atoms with Gasteiger partial charge in [0, 0.05) is 0 Å². The van der Waals surface area contributed by atoms with Gasteiger partial charge in [0.25, 0.3) is 17.7 Å². The fraction of sp³-hybridized carbons (Fsp3) is 0.400. The van der Waals surface area contributed by atoms with Gasteiger partial charge in [-0.05, 0) is 17.9 Å². The molecule has 7 heteroatoms. The van der Waals surface area contributed by atoms with Gasteiger partial charge in [0.2, 0.25) is 0 Å². The summed E-state index contributed by atoms with van der Waals surface area (Å²) in [5.41, 5.74) is 0. The number of carbonyl (C=O) groups excluding carboxylic acids is 1. The smallest absolute Gasteiger partial charge is 0.275 e. The maximum Gasteiger partial charge on any atom is 0.275 e. The van der Waals surface area contributed by atoms with Crippen molar-refractivity contribution in [3.8, 4) is 23.1 Å². The van der Waals surface area contributed by atoms with E-state index in [1.807, 2.05) is 17.5 Å². The highest BCUT2D eigenvalue weighted by Crippen LogP contribution is 2.22. The van der Waals surface area contributed by atoms with Crippen molar-refractivity contribution in [2.24, 2.45) is 0 Å². The lowest BCUT2D eigenvalue weighted by Crippen LogP contribution is -3.12. The number of amides is 1. The van der Waals surface area contributed by atoms with Crippen LogP contribution in [0.25, 0.3) is 10.8 Å². The summed E-state index contributed by atoms with van der Waals surface area (Å²) in [4.78, 5) is 13.8. The van der Waals surface area contributed by atoms with Crippen LogP contribution < -0.4 is 10.2 Å².